The molecule has 0 spiro atoms. The van der Waals surface area contributed by atoms with Gasteiger partial charge in [0.25, 0.3) is 5.91 Å². The van der Waals surface area contributed by atoms with Crippen LogP contribution in [0.5, 0.6) is 0 Å². The van der Waals surface area contributed by atoms with Crippen LogP contribution in [0.15, 0.2) is 23.1 Å². The van der Waals surface area contributed by atoms with Gasteiger partial charge in [-0.15, -0.1) is 11.3 Å². The number of carbonyl (C=O) groups excluding carboxylic acids is 1. The maximum absolute atomic E-state index is 14.2. The number of rotatable bonds is 10. The minimum Gasteiger partial charge on any atom is -0.481 e. The Hall–Kier alpha value is -2.72. The molecule has 3 N–H and O–H groups in total. The minimum absolute atomic E-state index is 0.116. The quantitative estimate of drug-likeness (QED) is 0.254. The van der Waals surface area contributed by atoms with Crippen molar-refractivity contribution in [2.24, 2.45) is 11.3 Å². The molecule has 1 fully saturated rings. The van der Waals surface area contributed by atoms with Crippen molar-refractivity contribution >= 4 is 33.2 Å². The van der Waals surface area contributed by atoms with E-state index in [2.05, 4.69) is 10.3 Å². The molecule has 8 nitrogen and oxygen atoms in total. The molecule has 1 aromatic carbocycles. The van der Waals surface area contributed by atoms with Crippen LogP contribution in [0, 0.1) is 11.3 Å². The van der Waals surface area contributed by atoms with Gasteiger partial charge in [-0.2, -0.15) is 31.1 Å². The van der Waals surface area contributed by atoms with Crippen molar-refractivity contribution in [1.82, 2.24) is 15.0 Å². The van der Waals surface area contributed by atoms with Gasteiger partial charge in [-0.25, -0.2) is 13.4 Å². The summed E-state index contributed by atoms with van der Waals surface area (Å²) >= 11 is 0.763. The maximum atomic E-state index is 14.2. The van der Waals surface area contributed by atoms with Gasteiger partial charge in [0.05, 0.1) is 26.4 Å². The summed E-state index contributed by atoms with van der Waals surface area (Å²) in [5.74, 6) is -1.75. The predicted octanol–water partition coefficient (Wildman–Crippen LogP) is 6.41. The second-order valence-electron chi connectivity index (χ2n) is 11.8. The summed E-state index contributed by atoms with van der Waals surface area (Å²) in [6.45, 7) is 3.53. The molecular formula is C27H33F6N3O5S2. The van der Waals surface area contributed by atoms with E-state index in [0.29, 0.717) is 38.1 Å². The van der Waals surface area contributed by atoms with Crippen LogP contribution >= 0.6 is 11.3 Å². The number of aliphatic carboxylic acids is 1. The van der Waals surface area contributed by atoms with Gasteiger partial charge >= 0.3 is 18.3 Å². The van der Waals surface area contributed by atoms with E-state index in [1.807, 2.05) is 0 Å². The number of hydrogen-bond acceptors (Lipinski definition) is 6. The van der Waals surface area contributed by atoms with E-state index in [0.717, 1.165) is 49.5 Å². The molecule has 3 rings (SSSR count). The second kappa shape index (κ2) is 12.3. The van der Waals surface area contributed by atoms with Crippen molar-refractivity contribution in [2.75, 3.05) is 6.54 Å². The fraction of sp³-hybridized carbons (Fsp3) is 0.593. The summed E-state index contributed by atoms with van der Waals surface area (Å²) in [5, 5.41) is 11.7. The molecular weight excluding hydrogens is 624 g/mol. The zero-order valence-corrected chi connectivity index (χ0v) is 25.5. The highest BCUT2D eigenvalue weighted by Gasteiger charge is 2.51. The van der Waals surface area contributed by atoms with E-state index in [4.69, 9.17) is 0 Å². The largest absolute Gasteiger partial charge is 0.481 e. The molecule has 0 aliphatic heterocycles. The number of thiazole rings is 1. The fourth-order valence-electron chi connectivity index (χ4n) is 4.51. The topological polar surface area (TPSA) is 125 Å². The number of nitrogens with zero attached hydrogens (tertiary/aromatic N) is 1. The Balaban J connectivity index is 2.09. The molecule has 0 radical (unpaired) electrons. The summed E-state index contributed by atoms with van der Waals surface area (Å²) in [4.78, 5) is 27.5. The number of sulfonamides is 1. The lowest BCUT2D eigenvalue weighted by Gasteiger charge is -2.29. The van der Waals surface area contributed by atoms with Gasteiger partial charge < -0.3 is 10.4 Å². The smallest absolute Gasteiger partial charge is 0.417 e. The summed E-state index contributed by atoms with van der Waals surface area (Å²) in [6, 6.07) is 2.16. The number of carboxylic acid groups (broad SMARTS) is 1. The normalized spacial score (nSPS) is 15.9. The molecule has 1 amide bonds. The van der Waals surface area contributed by atoms with Gasteiger partial charge in [0.2, 0.25) is 10.0 Å². The van der Waals surface area contributed by atoms with Crippen LogP contribution in [0.4, 0.5) is 26.3 Å². The summed E-state index contributed by atoms with van der Waals surface area (Å²) < 4.78 is 110. The molecule has 16 heteroatoms. The van der Waals surface area contributed by atoms with E-state index in [-0.39, 0.29) is 27.9 Å². The molecule has 0 atom stereocenters. The van der Waals surface area contributed by atoms with Gasteiger partial charge in [-0.05, 0) is 57.7 Å². The highest BCUT2D eigenvalue weighted by molar-refractivity contribution is 7.89. The van der Waals surface area contributed by atoms with Crippen molar-refractivity contribution in [3.8, 4) is 10.4 Å². The number of alkyl halides is 6. The van der Waals surface area contributed by atoms with Crippen molar-refractivity contribution in [3.63, 3.8) is 0 Å². The number of halogens is 6. The molecule has 1 heterocycles. The zero-order chi connectivity index (χ0) is 32.6. The van der Waals surface area contributed by atoms with Gasteiger partial charge in [-0.1, -0.05) is 38.2 Å². The first kappa shape index (κ1) is 34.8. The molecule has 240 valence electrons. The maximum Gasteiger partial charge on any atom is 0.417 e. The van der Waals surface area contributed by atoms with Crippen molar-refractivity contribution in [2.45, 2.75) is 89.0 Å². The number of carboxylic acids is 1. The van der Waals surface area contributed by atoms with E-state index in [9.17, 15) is 49.5 Å². The third-order valence-electron chi connectivity index (χ3n) is 7.30. The van der Waals surface area contributed by atoms with Crippen molar-refractivity contribution < 1.29 is 49.5 Å². The first-order chi connectivity index (χ1) is 19.5. The Kier molecular flexibility index (Phi) is 9.98. The average molecular weight is 658 g/mol. The van der Waals surface area contributed by atoms with Crippen LogP contribution < -0.4 is 10.0 Å². The second-order valence-corrected chi connectivity index (χ2v) is 14.5. The Bertz CT molecular complexity index is 1460. The third-order valence-corrected chi connectivity index (χ3v) is 10.2. The fourth-order valence-corrected chi connectivity index (χ4v) is 7.12. The molecule has 0 bridgehead atoms. The lowest BCUT2D eigenvalue weighted by atomic mass is 9.85. The molecule has 0 saturated heterocycles. The number of carbonyl (C=O) groups is 2. The van der Waals surface area contributed by atoms with Gasteiger partial charge in [0, 0.05) is 6.54 Å². The molecule has 2 aromatic rings. The molecule has 1 saturated carbocycles. The standard InChI is InChI=1S/C27H33F6N3O5S2/c1-24(2,23(38)39)14-34-21(37)22-35-18(12-15-8-6-5-7-9-15)20(42-22)16-10-11-19(17(13-16)26(28,29)30)43(40,41)36-25(3,4)27(31,32)33/h10-11,13,15,36H,5-9,12,14H2,1-4H3,(H,34,37)(H,38,39). The SMILES string of the molecule is CC(C)(CNC(=O)c1nc(CC2CCCCC2)c(-c2ccc(S(=O)(=O)NC(C)(C)C(F)(F)F)c(C(F)(F)F)c2)s1)C(=O)O. The van der Waals surface area contributed by atoms with E-state index < -0.39 is 55.7 Å². The summed E-state index contributed by atoms with van der Waals surface area (Å²) in [6.07, 6.45) is -5.39. The third kappa shape index (κ3) is 8.26. The molecule has 1 aliphatic carbocycles. The van der Waals surface area contributed by atoms with E-state index in [1.165, 1.54) is 18.6 Å². The van der Waals surface area contributed by atoms with Crippen LogP contribution in [-0.4, -0.2) is 48.6 Å². The van der Waals surface area contributed by atoms with Crippen LogP contribution in [0.1, 0.15) is 80.9 Å². The number of hydrogen-bond donors (Lipinski definition) is 3. The van der Waals surface area contributed by atoms with Crippen molar-refractivity contribution in [1.29, 1.82) is 0 Å². The minimum atomic E-state index is -5.30. The van der Waals surface area contributed by atoms with Crippen LogP contribution in [0.25, 0.3) is 10.4 Å². The molecule has 1 aromatic heterocycles. The Morgan fingerprint density at radius 3 is 2.16 bits per heavy atom. The number of nitrogens with one attached hydrogen (secondary N) is 2. The number of amides is 1. The summed E-state index contributed by atoms with van der Waals surface area (Å²) in [5.41, 5.74) is -5.84. The van der Waals surface area contributed by atoms with Gasteiger partial charge in [0.15, 0.2) is 5.01 Å². The Morgan fingerprint density at radius 2 is 1.63 bits per heavy atom. The molecule has 43 heavy (non-hydrogen) atoms. The summed E-state index contributed by atoms with van der Waals surface area (Å²) in [7, 11) is -5.30. The Labute approximate surface area is 249 Å². The Morgan fingerprint density at radius 1 is 1.02 bits per heavy atom. The first-order valence-electron chi connectivity index (χ1n) is 13.4. The predicted molar refractivity (Wildman–Crippen MR) is 147 cm³/mol. The number of benzene rings is 1. The monoisotopic (exact) mass is 657 g/mol. The van der Waals surface area contributed by atoms with Crippen LogP contribution in [0.3, 0.4) is 0 Å². The molecule has 0 unspecified atom stereocenters. The van der Waals surface area contributed by atoms with Gasteiger partial charge in [-0.3, -0.25) is 9.59 Å². The lowest BCUT2D eigenvalue weighted by Crippen LogP contribution is -2.54. The number of aromatic nitrogens is 1. The van der Waals surface area contributed by atoms with Crippen LogP contribution in [0.2, 0.25) is 0 Å². The highest BCUT2D eigenvalue weighted by Crippen LogP contribution is 2.41. The van der Waals surface area contributed by atoms with Crippen LogP contribution in [-0.2, 0) is 27.4 Å². The van der Waals surface area contributed by atoms with E-state index in [1.54, 1.807) is 0 Å². The van der Waals surface area contributed by atoms with E-state index >= 15 is 0 Å². The average Bonchev–Trinajstić information content (AvgIpc) is 3.29. The first-order valence-corrected chi connectivity index (χ1v) is 15.7. The molecule has 1 aliphatic rings. The lowest BCUT2D eigenvalue weighted by molar-refractivity contribution is -0.180. The van der Waals surface area contributed by atoms with Crippen molar-refractivity contribution in [3.05, 3.63) is 34.5 Å². The zero-order valence-electron chi connectivity index (χ0n) is 23.9. The highest BCUT2D eigenvalue weighted by atomic mass is 32.2. The van der Waals surface area contributed by atoms with Gasteiger partial charge in [0.1, 0.15) is 5.54 Å².